The predicted octanol–water partition coefficient (Wildman–Crippen LogP) is 3.63. The summed E-state index contributed by atoms with van der Waals surface area (Å²) in [5, 5.41) is 6.65. The van der Waals surface area contributed by atoms with E-state index in [0.717, 1.165) is 77.2 Å². The van der Waals surface area contributed by atoms with Crippen LogP contribution in [0.4, 0.5) is 0 Å². The van der Waals surface area contributed by atoms with Gasteiger partial charge in [0.15, 0.2) is 5.96 Å². The minimum Gasteiger partial charge on any atom is -0.381 e. The minimum atomic E-state index is 0. The average molecular weight is 489 g/mol. The first-order valence-corrected chi connectivity index (χ1v) is 10.1. The number of guanidine groups is 1. The molecule has 1 aliphatic carbocycles. The van der Waals surface area contributed by atoms with Crippen molar-refractivity contribution in [2.24, 2.45) is 10.9 Å². The molecule has 0 amide bonds. The van der Waals surface area contributed by atoms with Crippen LogP contribution in [0.25, 0.3) is 0 Å². The van der Waals surface area contributed by atoms with Gasteiger partial charge in [-0.3, -0.25) is 4.99 Å². The Bertz CT molecular complexity index is 495. The van der Waals surface area contributed by atoms with E-state index < -0.39 is 0 Å². The number of nitrogens with one attached hydrogen (secondary N) is 2. The van der Waals surface area contributed by atoms with E-state index in [1.54, 1.807) is 0 Å². The fourth-order valence-electron chi connectivity index (χ4n) is 2.55. The molecule has 6 heteroatoms. The van der Waals surface area contributed by atoms with E-state index in [-0.39, 0.29) is 24.0 Å². The number of aliphatic imine (C=N–C) groups is 1. The monoisotopic (exact) mass is 489 g/mol. The highest BCUT2D eigenvalue weighted by Crippen LogP contribution is 2.28. The fourth-order valence-corrected chi connectivity index (χ4v) is 2.55. The Labute approximate surface area is 181 Å². The van der Waals surface area contributed by atoms with E-state index in [1.807, 2.05) is 6.07 Å². The molecule has 2 N–H and O–H groups in total. The Kier molecular flexibility index (Phi) is 14.4. The summed E-state index contributed by atoms with van der Waals surface area (Å²) in [6, 6.07) is 10.5. The lowest BCUT2D eigenvalue weighted by Crippen LogP contribution is -2.38. The molecule has 1 saturated carbocycles. The zero-order valence-corrected chi connectivity index (χ0v) is 19.0. The molecule has 1 aromatic rings. The van der Waals surface area contributed by atoms with Crippen molar-refractivity contribution in [1.29, 1.82) is 0 Å². The van der Waals surface area contributed by atoms with Crippen molar-refractivity contribution in [2.75, 3.05) is 46.1 Å². The molecule has 0 unspecified atom stereocenters. The van der Waals surface area contributed by atoms with Gasteiger partial charge in [-0.2, -0.15) is 0 Å². The van der Waals surface area contributed by atoms with Crippen molar-refractivity contribution >= 4 is 29.9 Å². The third-order valence-electron chi connectivity index (χ3n) is 4.25. The van der Waals surface area contributed by atoms with Crippen LogP contribution in [0.5, 0.6) is 0 Å². The number of benzene rings is 1. The second-order valence-corrected chi connectivity index (χ2v) is 6.76. The summed E-state index contributed by atoms with van der Waals surface area (Å²) in [4.78, 5) is 4.59. The minimum absolute atomic E-state index is 0. The number of nitrogens with zero attached hydrogens (tertiary/aromatic N) is 1. The molecule has 27 heavy (non-hydrogen) atoms. The lowest BCUT2D eigenvalue weighted by atomic mass is 10.2. The number of hydrogen-bond acceptors (Lipinski definition) is 3. The van der Waals surface area contributed by atoms with E-state index in [9.17, 15) is 0 Å². The van der Waals surface area contributed by atoms with Crippen molar-refractivity contribution in [1.82, 2.24) is 10.6 Å². The summed E-state index contributed by atoms with van der Waals surface area (Å²) in [5.74, 6) is 1.73. The first kappa shape index (κ1) is 24.2. The maximum absolute atomic E-state index is 5.71. The Balaban J connectivity index is 0.00000364. The Hall–Kier alpha value is -0.860. The van der Waals surface area contributed by atoms with Gasteiger partial charge in [-0.25, -0.2) is 0 Å². The lowest BCUT2D eigenvalue weighted by molar-refractivity contribution is 0.123. The molecule has 1 fully saturated rings. The van der Waals surface area contributed by atoms with E-state index in [2.05, 4.69) is 46.8 Å². The SMILES string of the molecule is CCNC(=NCCCOCC1CC1)NCCCOCCc1ccccc1.I. The van der Waals surface area contributed by atoms with Crippen LogP contribution in [0.1, 0.15) is 38.2 Å². The maximum Gasteiger partial charge on any atom is 0.191 e. The summed E-state index contributed by atoms with van der Waals surface area (Å²) in [6.45, 7) is 7.93. The summed E-state index contributed by atoms with van der Waals surface area (Å²) in [7, 11) is 0. The molecule has 0 bridgehead atoms. The molecule has 0 aliphatic heterocycles. The first-order valence-electron chi connectivity index (χ1n) is 10.1. The van der Waals surface area contributed by atoms with Gasteiger partial charge in [0.2, 0.25) is 0 Å². The molecule has 0 aromatic heterocycles. The van der Waals surface area contributed by atoms with E-state index in [1.165, 1.54) is 18.4 Å². The van der Waals surface area contributed by atoms with Crippen molar-refractivity contribution in [3.8, 4) is 0 Å². The molecule has 1 aliphatic rings. The van der Waals surface area contributed by atoms with E-state index in [0.29, 0.717) is 0 Å². The zero-order valence-electron chi connectivity index (χ0n) is 16.6. The van der Waals surface area contributed by atoms with Crippen LogP contribution in [0, 0.1) is 5.92 Å². The van der Waals surface area contributed by atoms with Gasteiger partial charge >= 0.3 is 0 Å². The highest BCUT2D eigenvalue weighted by Gasteiger charge is 2.20. The molecule has 0 saturated heterocycles. The molecular weight excluding hydrogens is 453 g/mol. The second-order valence-electron chi connectivity index (χ2n) is 6.76. The lowest BCUT2D eigenvalue weighted by Gasteiger charge is -2.11. The predicted molar refractivity (Wildman–Crippen MR) is 123 cm³/mol. The normalized spacial score (nSPS) is 13.9. The number of ether oxygens (including phenoxy) is 2. The van der Waals surface area contributed by atoms with Crippen LogP contribution in [0.2, 0.25) is 0 Å². The van der Waals surface area contributed by atoms with Crippen LogP contribution in [0.3, 0.4) is 0 Å². The number of halogens is 1. The highest BCUT2D eigenvalue weighted by molar-refractivity contribution is 14.0. The molecule has 0 atom stereocenters. The van der Waals surface area contributed by atoms with Gasteiger partial charge in [0.05, 0.1) is 6.61 Å². The van der Waals surface area contributed by atoms with Crippen molar-refractivity contribution in [3.05, 3.63) is 35.9 Å². The summed E-state index contributed by atoms with van der Waals surface area (Å²) in [5.41, 5.74) is 1.33. The number of hydrogen-bond donors (Lipinski definition) is 2. The smallest absolute Gasteiger partial charge is 0.191 e. The van der Waals surface area contributed by atoms with Gasteiger partial charge in [0, 0.05) is 39.5 Å². The summed E-state index contributed by atoms with van der Waals surface area (Å²) >= 11 is 0. The molecule has 2 rings (SSSR count). The molecule has 1 aromatic carbocycles. The molecule has 154 valence electrons. The first-order chi connectivity index (χ1) is 12.9. The molecule has 0 radical (unpaired) electrons. The average Bonchev–Trinajstić information content (AvgIpc) is 3.49. The topological polar surface area (TPSA) is 54.9 Å². The Morgan fingerprint density at radius 3 is 2.56 bits per heavy atom. The van der Waals surface area contributed by atoms with Crippen LogP contribution >= 0.6 is 24.0 Å². The van der Waals surface area contributed by atoms with Gasteiger partial charge < -0.3 is 20.1 Å². The third-order valence-corrected chi connectivity index (χ3v) is 4.25. The molecule has 5 nitrogen and oxygen atoms in total. The summed E-state index contributed by atoms with van der Waals surface area (Å²) in [6.07, 6.45) is 5.63. The number of rotatable bonds is 14. The molecule has 0 heterocycles. The van der Waals surface area contributed by atoms with Crippen LogP contribution in [0.15, 0.2) is 35.3 Å². The van der Waals surface area contributed by atoms with Gasteiger partial charge in [-0.05, 0) is 50.5 Å². The van der Waals surface area contributed by atoms with Crippen molar-refractivity contribution in [3.63, 3.8) is 0 Å². The zero-order chi connectivity index (χ0) is 18.3. The van der Waals surface area contributed by atoms with E-state index >= 15 is 0 Å². The second kappa shape index (κ2) is 16.1. The Morgan fingerprint density at radius 1 is 1.04 bits per heavy atom. The van der Waals surface area contributed by atoms with Crippen LogP contribution in [-0.2, 0) is 15.9 Å². The largest absolute Gasteiger partial charge is 0.381 e. The van der Waals surface area contributed by atoms with Crippen molar-refractivity contribution < 1.29 is 9.47 Å². The van der Waals surface area contributed by atoms with Crippen LogP contribution in [-0.4, -0.2) is 52.0 Å². The van der Waals surface area contributed by atoms with E-state index in [4.69, 9.17) is 9.47 Å². The standard InChI is InChI=1S/C21H35N3O2.HI/c1-2-22-21(24-14-7-16-26-18-20-10-11-20)23-13-6-15-25-17-12-19-8-4-3-5-9-19;/h3-5,8-9,20H,2,6-7,10-18H2,1H3,(H2,22,23,24);1H. The quantitative estimate of drug-likeness (QED) is 0.182. The van der Waals surface area contributed by atoms with Gasteiger partial charge in [-0.1, -0.05) is 30.3 Å². The van der Waals surface area contributed by atoms with Gasteiger partial charge in [-0.15, -0.1) is 24.0 Å². The molecule has 0 spiro atoms. The summed E-state index contributed by atoms with van der Waals surface area (Å²) < 4.78 is 11.4. The molecular formula is C21H36IN3O2. The van der Waals surface area contributed by atoms with Gasteiger partial charge in [0.1, 0.15) is 0 Å². The maximum atomic E-state index is 5.71. The third kappa shape index (κ3) is 13.0. The van der Waals surface area contributed by atoms with Gasteiger partial charge in [0.25, 0.3) is 0 Å². The fraction of sp³-hybridized carbons (Fsp3) is 0.667. The van der Waals surface area contributed by atoms with Crippen molar-refractivity contribution in [2.45, 2.75) is 39.0 Å². The van der Waals surface area contributed by atoms with Crippen LogP contribution < -0.4 is 10.6 Å². The Morgan fingerprint density at radius 2 is 1.81 bits per heavy atom. The highest BCUT2D eigenvalue weighted by atomic mass is 127.